The van der Waals surface area contributed by atoms with Gasteiger partial charge in [0, 0.05) is 6.20 Å². The molecule has 2 rings (SSSR count). The van der Waals surface area contributed by atoms with E-state index in [1.165, 1.54) is 13.1 Å². The number of aromatic nitrogens is 2. The van der Waals surface area contributed by atoms with E-state index < -0.39 is 29.1 Å². The summed E-state index contributed by atoms with van der Waals surface area (Å²) in [4.78, 5) is 14.4. The Kier molecular flexibility index (Phi) is 3.25. The summed E-state index contributed by atoms with van der Waals surface area (Å²) in [6.07, 6.45) is -3.41. The van der Waals surface area contributed by atoms with Gasteiger partial charge in [0.05, 0.1) is 5.56 Å². The van der Waals surface area contributed by atoms with E-state index in [1.54, 1.807) is 0 Å². The normalized spacial score (nSPS) is 11.8. The first kappa shape index (κ1) is 14.4. The maximum Gasteiger partial charge on any atom is 0.420 e. The number of halogens is 4. The minimum atomic E-state index is -4.68. The van der Waals surface area contributed by atoms with Crippen molar-refractivity contribution >= 4 is 28.8 Å². The van der Waals surface area contributed by atoms with Crippen molar-refractivity contribution < 1.29 is 23.1 Å². The molecule has 2 heterocycles. The number of nitrogens with zero attached hydrogens (tertiary/aromatic N) is 2. The number of aromatic carboxylic acids is 1. The van der Waals surface area contributed by atoms with Crippen LogP contribution in [0.5, 0.6) is 0 Å². The first-order chi connectivity index (χ1) is 9.12. The third kappa shape index (κ3) is 2.24. The molecule has 1 N–H and O–H groups in total. The van der Waals surface area contributed by atoms with Gasteiger partial charge in [0.15, 0.2) is 11.3 Å². The number of rotatable bonds is 2. The summed E-state index contributed by atoms with van der Waals surface area (Å²) in [6, 6.07) is 0.868. The monoisotopic (exact) mass is 304 g/mol. The van der Waals surface area contributed by atoms with E-state index >= 15 is 0 Å². The zero-order chi connectivity index (χ0) is 15.2. The summed E-state index contributed by atoms with van der Waals surface area (Å²) in [6.45, 7) is 5.10. The quantitative estimate of drug-likeness (QED) is 0.919. The first-order valence-electron chi connectivity index (χ1n) is 5.31. The standard InChI is InChI=1S/C12H8ClF3N2O2/c1-5(2)6-3-7(12(14,15)16)10-17-8(11(19)20)9(13)18(10)4-6/h3-4H,1H2,2H3,(H,19,20). The van der Waals surface area contributed by atoms with E-state index in [-0.39, 0.29) is 10.7 Å². The number of pyridine rings is 1. The maximum atomic E-state index is 13.0. The highest BCUT2D eigenvalue weighted by Crippen LogP contribution is 2.35. The highest BCUT2D eigenvalue weighted by Gasteiger charge is 2.36. The molecule has 2 aromatic rings. The number of hydrogen-bond donors (Lipinski definition) is 1. The summed E-state index contributed by atoms with van der Waals surface area (Å²) in [5, 5.41) is 8.49. The van der Waals surface area contributed by atoms with Crippen LogP contribution in [-0.4, -0.2) is 20.5 Å². The van der Waals surface area contributed by atoms with Gasteiger partial charge in [-0.3, -0.25) is 4.40 Å². The van der Waals surface area contributed by atoms with Gasteiger partial charge in [0.25, 0.3) is 0 Å². The van der Waals surface area contributed by atoms with Crippen LogP contribution in [-0.2, 0) is 6.18 Å². The Morgan fingerprint density at radius 1 is 1.50 bits per heavy atom. The lowest BCUT2D eigenvalue weighted by Gasteiger charge is -2.11. The van der Waals surface area contributed by atoms with Gasteiger partial charge in [-0.2, -0.15) is 13.2 Å². The fraction of sp³-hybridized carbons (Fsp3) is 0.167. The molecule has 0 aliphatic carbocycles. The number of fused-ring (bicyclic) bond motifs is 1. The zero-order valence-electron chi connectivity index (χ0n) is 10.1. The Balaban J connectivity index is 2.93. The lowest BCUT2D eigenvalue weighted by molar-refractivity contribution is -0.136. The summed E-state index contributed by atoms with van der Waals surface area (Å²) in [5.74, 6) is -1.50. The van der Waals surface area contributed by atoms with Crippen LogP contribution in [0.2, 0.25) is 5.15 Å². The van der Waals surface area contributed by atoms with Crippen LogP contribution in [0.25, 0.3) is 11.2 Å². The van der Waals surface area contributed by atoms with Gasteiger partial charge < -0.3 is 5.11 Å². The SMILES string of the molecule is C=C(C)c1cc(C(F)(F)F)c2nc(C(=O)O)c(Cl)n2c1. The summed E-state index contributed by atoms with van der Waals surface area (Å²) < 4.78 is 40.0. The number of carbonyl (C=O) groups is 1. The molecule has 0 radical (unpaired) electrons. The van der Waals surface area contributed by atoms with Crippen LogP contribution in [0, 0.1) is 0 Å². The van der Waals surface area contributed by atoms with Crippen molar-refractivity contribution in [3.05, 3.63) is 40.8 Å². The molecule has 0 aromatic carbocycles. The predicted octanol–water partition coefficient (Wildman–Crippen LogP) is 3.74. The number of imidazole rings is 1. The number of alkyl halides is 3. The van der Waals surface area contributed by atoms with Crippen molar-refractivity contribution in [2.75, 3.05) is 0 Å². The highest BCUT2D eigenvalue weighted by atomic mass is 35.5. The second kappa shape index (κ2) is 4.52. The first-order valence-corrected chi connectivity index (χ1v) is 5.68. The smallest absolute Gasteiger partial charge is 0.420 e. The summed E-state index contributed by atoms with van der Waals surface area (Å²) in [5.41, 5.74) is -1.66. The number of carboxylic acids is 1. The van der Waals surface area contributed by atoms with Gasteiger partial charge in [-0.05, 0) is 24.1 Å². The lowest BCUT2D eigenvalue weighted by atomic mass is 10.1. The van der Waals surface area contributed by atoms with Crippen molar-refractivity contribution in [2.24, 2.45) is 0 Å². The van der Waals surface area contributed by atoms with E-state index in [0.29, 0.717) is 5.57 Å². The molecule has 0 aliphatic rings. The van der Waals surface area contributed by atoms with Gasteiger partial charge in [-0.1, -0.05) is 18.2 Å². The van der Waals surface area contributed by atoms with Gasteiger partial charge in [-0.15, -0.1) is 0 Å². The predicted molar refractivity (Wildman–Crippen MR) is 66.9 cm³/mol. The lowest BCUT2D eigenvalue weighted by Crippen LogP contribution is -2.09. The molecular weight excluding hydrogens is 297 g/mol. The molecular formula is C12H8ClF3N2O2. The Labute approximate surface area is 116 Å². The number of allylic oxidation sites excluding steroid dienone is 1. The molecule has 2 aromatic heterocycles. The molecule has 0 bridgehead atoms. The Bertz CT molecular complexity index is 734. The van der Waals surface area contributed by atoms with E-state index in [2.05, 4.69) is 11.6 Å². The highest BCUT2D eigenvalue weighted by molar-refractivity contribution is 6.32. The maximum absolute atomic E-state index is 13.0. The molecule has 20 heavy (non-hydrogen) atoms. The van der Waals surface area contributed by atoms with Gasteiger partial charge in [-0.25, -0.2) is 9.78 Å². The molecule has 0 fully saturated rings. The van der Waals surface area contributed by atoms with Crippen molar-refractivity contribution in [3.63, 3.8) is 0 Å². The largest absolute Gasteiger partial charge is 0.476 e. The third-order valence-electron chi connectivity index (χ3n) is 2.66. The Morgan fingerprint density at radius 2 is 2.10 bits per heavy atom. The molecule has 4 nitrogen and oxygen atoms in total. The second-order valence-electron chi connectivity index (χ2n) is 4.17. The van der Waals surface area contributed by atoms with Gasteiger partial charge in [0.1, 0.15) is 5.15 Å². The van der Waals surface area contributed by atoms with Crippen LogP contribution in [0.15, 0.2) is 18.8 Å². The van der Waals surface area contributed by atoms with Gasteiger partial charge in [0.2, 0.25) is 0 Å². The molecule has 0 atom stereocenters. The second-order valence-corrected chi connectivity index (χ2v) is 4.53. The molecule has 0 amide bonds. The Morgan fingerprint density at radius 3 is 2.55 bits per heavy atom. The van der Waals surface area contributed by atoms with Crippen LogP contribution < -0.4 is 0 Å². The third-order valence-corrected chi connectivity index (χ3v) is 3.02. The van der Waals surface area contributed by atoms with E-state index in [9.17, 15) is 18.0 Å². The van der Waals surface area contributed by atoms with Gasteiger partial charge >= 0.3 is 12.1 Å². The molecule has 106 valence electrons. The molecule has 0 saturated heterocycles. The number of carboxylic acid groups (broad SMARTS) is 1. The van der Waals surface area contributed by atoms with Crippen molar-refractivity contribution in [2.45, 2.75) is 13.1 Å². The molecule has 0 unspecified atom stereocenters. The van der Waals surface area contributed by atoms with Crippen LogP contribution in [0.1, 0.15) is 28.5 Å². The van der Waals surface area contributed by atoms with Crippen LogP contribution >= 0.6 is 11.6 Å². The fourth-order valence-corrected chi connectivity index (χ4v) is 1.95. The molecule has 0 aliphatic heterocycles. The molecule has 0 saturated carbocycles. The minimum Gasteiger partial charge on any atom is -0.476 e. The van der Waals surface area contributed by atoms with Crippen LogP contribution in [0.4, 0.5) is 13.2 Å². The average Bonchev–Trinajstić information content (AvgIpc) is 2.64. The van der Waals surface area contributed by atoms with E-state index in [4.69, 9.17) is 16.7 Å². The van der Waals surface area contributed by atoms with Crippen molar-refractivity contribution in [3.8, 4) is 0 Å². The van der Waals surface area contributed by atoms with E-state index in [1.807, 2.05) is 0 Å². The zero-order valence-corrected chi connectivity index (χ0v) is 10.9. The Hall–Kier alpha value is -2.02. The summed E-state index contributed by atoms with van der Waals surface area (Å²) >= 11 is 5.77. The minimum absolute atomic E-state index is 0.195. The molecule has 0 spiro atoms. The number of hydrogen-bond acceptors (Lipinski definition) is 2. The van der Waals surface area contributed by atoms with Crippen LogP contribution in [0.3, 0.4) is 0 Å². The average molecular weight is 305 g/mol. The van der Waals surface area contributed by atoms with Crippen molar-refractivity contribution in [1.29, 1.82) is 0 Å². The van der Waals surface area contributed by atoms with E-state index in [0.717, 1.165) is 10.5 Å². The van der Waals surface area contributed by atoms with Crippen molar-refractivity contribution in [1.82, 2.24) is 9.38 Å². The topological polar surface area (TPSA) is 54.6 Å². The molecule has 8 heteroatoms. The summed E-state index contributed by atoms with van der Waals surface area (Å²) in [7, 11) is 0. The fourth-order valence-electron chi connectivity index (χ4n) is 1.70.